The number of nitrogens with one attached hydrogen (secondary N) is 1. The quantitative estimate of drug-likeness (QED) is 0.814. The van der Waals surface area contributed by atoms with Gasteiger partial charge in [-0.15, -0.1) is 0 Å². The average Bonchev–Trinajstić information content (AvgIpc) is 3.19. The Labute approximate surface area is 102 Å². The van der Waals surface area contributed by atoms with Crippen molar-refractivity contribution in [3.8, 4) is 0 Å². The minimum Gasteiger partial charge on any atom is -0.391 e. The average molecular weight is 233 g/mol. The van der Waals surface area contributed by atoms with Gasteiger partial charge in [-0.2, -0.15) is 0 Å². The molecule has 0 spiro atoms. The van der Waals surface area contributed by atoms with Gasteiger partial charge < -0.3 is 10.4 Å². The van der Waals surface area contributed by atoms with Crippen molar-refractivity contribution >= 4 is 5.91 Å². The van der Waals surface area contributed by atoms with E-state index in [0.29, 0.717) is 12.5 Å². The molecule has 0 aromatic heterocycles. The summed E-state index contributed by atoms with van der Waals surface area (Å²) in [5, 5.41) is 12.5. The molecule has 0 heterocycles. The fourth-order valence-corrected chi connectivity index (χ4v) is 1.99. The van der Waals surface area contributed by atoms with Gasteiger partial charge in [-0.05, 0) is 36.8 Å². The van der Waals surface area contributed by atoms with Crippen molar-refractivity contribution in [1.82, 2.24) is 5.32 Å². The standard InChI is InChI=1S/C14H19NO2/c1-2-10-5-3-4-6-12(10)14(17)15-9-13(16)11-7-8-11/h3-6,11,13,16H,2,7-9H2,1H3,(H,15,17). The second kappa shape index (κ2) is 5.32. The molecule has 0 radical (unpaired) electrons. The Morgan fingerprint density at radius 3 is 2.82 bits per heavy atom. The van der Waals surface area contributed by atoms with E-state index in [4.69, 9.17) is 0 Å². The van der Waals surface area contributed by atoms with Gasteiger partial charge in [-0.3, -0.25) is 4.79 Å². The maximum absolute atomic E-state index is 11.9. The van der Waals surface area contributed by atoms with E-state index < -0.39 is 0 Å². The number of rotatable bonds is 5. The second-order valence-electron chi connectivity index (χ2n) is 4.63. The molecule has 92 valence electrons. The molecule has 0 aliphatic heterocycles. The molecule has 1 fully saturated rings. The van der Waals surface area contributed by atoms with Crippen LogP contribution in [0.2, 0.25) is 0 Å². The zero-order valence-corrected chi connectivity index (χ0v) is 10.1. The number of hydrogen-bond donors (Lipinski definition) is 2. The summed E-state index contributed by atoms with van der Waals surface area (Å²) in [6.07, 6.45) is 2.63. The number of carbonyl (C=O) groups is 1. The summed E-state index contributed by atoms with van der Waals surface area (Å²) in [4.78, 5) is 11.9. The van der Waals surface area contributed by atoms with Crippen LogP contribution in [0, 0.1) is 5.92 Å². The molecule has 0 saturated heterocycles. The first kappa shape index (κ1) is 12.1. The van der Waals surface area contributed by atoms with Gasteiger partial charge >= 0.3 is 0 Å². The highest BCUT2D eigenvalue weighted by molar-refractivity contribution is 5.95. The lowest BCUT2D eigenvalue weighted by Gasteiger charge is -2.12. The maximum Gasteiger partial charge on any atom is 0.251 e. The van der Waals surface area contributed by atoms with E-state index in [0.717, 1.165) is 30.4 Å². The number of aliphatic hydroxyl groups is 1. The fraction of sp³-hybridized carbons (Fsp3) is 0.500. The molecule has 0 bridgehead atoms. The van der Waals surface area contributed by atoms with E-state index in [-0.39, 0.29) is 12.0 Å². The highest BCUT2D eigenvalue weighted by Gasteiger charge is 2.29. The van der Waals surface area contributed by atoms with E-state index in [9.17, 15) is 9.90 Å². The van der Waals surface area contributed by atoms with Crippen LogP contribution in [-0.2, 0) is 6.42 Å². The molecule has 1 aromatic carbocycles. The van der Waals surface area contributed by atoms with Crippen LogP contribution < -0.4 is 5.32 Å². The molecule has 1 atom stereocenters. The van der Waals surface area contributed by atoms with Crippen molar-refractivity contribution < 1.29 is 9.90 Å². The van der Waals surface area contributed by atoms with Crippen LogP contribution >= 0.6 is 0 Å². The van der Waals surface area contributed by atoms with Crippen LogP contribution in [0.3, 0.4) is 0 Å². The van der Waals surface area contributed by atoms with E-state index in [1.807, 2.05) is 31.2 Å². The Balaban J connectivity index is 1.94. The predicted octanol–water partition coefficient (Wildman–Crippen LogP) is 1.75. The number of amides is 1. The summed E-state index contributed by atoms with van der Waals surface area (Å²) < 4.78 is 0. The van der Waals surface area contributed by atoms with Crippen LogP contribution in [0.25, 0.3) is 0 Å². The highest BCUT2D eigenvalue weighted by Crippen LogP contribution is 2.32. The van der Waals surface area contributed by atoms with Gasteiger partial charge in [0.05, 0.1) is 6.10 Å². The first-order chi connectivity index (χ1) is 8.22. The van der Waals surface area contributed by atoms with Gasteiger partial charge in [0, 0.05) is 12.1 Å². The van der Waals surface area contributed by atoms with Crippen molar-refractivity contribution in [3.05, 3.63) is 35.4 Å². The molecule has 1 aliphatic rings. The van der Waals surface area contributed by atoms with Crippen LogP contribution in [0.4, 0.5) is 0 Å². The fourth-order valence-electron chi connectivity index (χ4n) is 1.99. The Morgan fingerprint density at radius 1 is 1.47 bits per heavy atom. The first-order valence-electron chi connectivity index (χ1n) is 6.26. The molecule has 1 amide bonds. The van der Waals surface area contributed by atoms with Gasteiger partial charge in [-0.25, -0.2) is 0 Å². The summed E-state index contributed by atoms with van der Waals surface area (Å²) >= 11 is 0. The van der Waals surface area contributed by atoms with Crippen LogP contribution in [0.15, 0.2) is 24.3 Å². The minimum absolute atomic E-state index is 0.0813. The van der Waals surface area contributed by atoms with Gasteiger partial charge in [-0.1, -0.05) is 25.1 Å². The van der Waals surface area contributed by atoms with E-state index in [1.165, 1.54) is 0 Å². The molecular formula is C14H19NO2. The largest absolute Gasteiger partial charge is 0.391 e. The number of benzene rings is 1. The normalized spacial score (nSPS) is 16.6. The Hall–Kier alpha value is -1.35. The van der Waals surface area contributed by atoms with Gasteiger partial charge in [0.25, 0.3) is 5.91 Å². The Kier molecular flexibility index (Phi) is 3.79. The zero-order valence-electron chi connectivity index (χ0n) is 10.1. The third-order valence-corrected chi connectivity index (χ3v) is 3.28. The molecule has 1 unspecified atom stereocenters. The smallest absolute Gasteiger partial charge is 0.251 e. The molecule has 2 rings (SSSR count). The molecule has 3 heteroatoms. The van der Waals surface area contributed by atoms with Crippen molar-refractivity contribution in [2.45, 2.75) is 32.3 Å². The van der Waals surface area contributed by atoms with E-state index in [2.05, 4.69) is 5.32 Å². The monoisotopic (exact) mass is 233 g/mol. The van der Waals surface area contributed by atoms with Crippen molar-refractivity contribution in [2.75, 3.05) is 6.54 Å². The van der Waals surface area contributed by atoms with Crippen LogP contribution in [-0.4, -0.2) is 23.7 Å². The maximum atomic E-state index is 11.9. The Bertz CT molecular complexity index is 399. The lowest BCUT2D eigenvalue weighted by atomic mass is 10.0. The minimum atomic E-state index is -0.382. The summed E-state index contributed by atoms with van der Waals surface area (Å²) in [7, 11) is 0. The summed E-state index contributed by atoms with van der Waals surface area (Å²) in [6.45, 7) is 2.40. The second-order valence-corrected chi connectivity index (χ2v) is 4.63. The summed E-state index contributed by atoms with van der Waals surface area (Å²) in [6, 6.07) is 7.60. The Morgan fingerprint density at radius 2 is 2.18 bits per heavy atom. The van der Waals surface area contributed by atoms with Crippen LogP contribution in [0.5, 0.6) is 0 Å². The number of aryl methyl sites for hydroxylation is 1. The van der Waals surface area contributed by atoms with Crippen LogP contribution in [0.1, 0.15) is 35.7 Å². The molecule has 1 aromatic rings. The lowest BCUT2D eigenvalue weighted by Crippen LogP contribution is -2.33. The third kappa shape index (κ3) is 3.07. The molecule has 1 saturated carbocycles. The first-order valence-corrected chi connectivity index (χ1v) is 6.26. The number of aliphatic hydroxyl groups excluding tert-OH is 1. The topological polar surface area (TPSA) is 49.3 Å². The van der Waals surface area contributed by atoms with E-state index in [1.54, 1.807) is 0 Å². The van der Waals surface area contributed by atoms with Crippen molar-refractivity contribution in [1.29, 1.82) is 0 Å². The van der Waals surface area contributed by atoms with Gasteiger partial charge in [0.15, 0.2) is 0 Å². The third-order valence-electron chi connectivity index (χ3n) is 3.28. The predicted molar refractivity (Wildman–Crippen MR) is 66.9 cm³/mol. The number of carbonyl (C=O) groups excluding carboxylic acids is 1. The molecule has 3 nitrogen and oxygen atoms in total. The van der Waals surface area contributed by atoms with Gasteiger partial charge in [0.1, 0.15) is 0 Å². The van der Waals surface area contributed by atoms with E-state index >= 15 is 0 Å². The molecule has 17 heavy (non-hydrogen) atoms. The van der Waals surface area contributed by atoms with Gasteiger partial charge in [0.2, 0.25) is 0 Å². The highest BCUT2D eigenvalue weighted by atomic mass is 16.3. The zero-order chi connectivity index (χ0) is 12.3. The molecule has 1 aliphatic carbocycles. The lowest BCUT2D eigenvalue weighted by molar-refractivity contribution is 0.0900. The van der Waals surface area contributed by atoms with Crippen molar-refractivity contribution in [3.63, 3.8) is 0 Å². The SMILES string of the molecule is CCc1ccccc1C(=O)NCC(O)C1CC1. The van der Waals surface area contributed by atoms with Crippen molar-refractivity contribution in [2.24, 2.45) is 5.92 Å². The number of hydrogen-bond acceptors (Lipinski definition) is 2. The summed E-state index contributed by atoms with van der Waals surface area (Å²) in [5.41, 5.74) is 1.77. The summed E-state index contributed by atoms with van der Waals surface area (Å²) in [5.74, 6) is 0.318. The molecule has 2 N–H and O–H groups in total. The molecular weight excluding hydrogens is 214 g/mol.